The quantitative estimate of drug-likeness (QED) is 0.722. The van der Waals surface area contributed by atoms with E-state index in [0.717, 1.165) is 24.0 Å². The van der Waals surface area contributed by atoms with Crippen LogP contribution < -0.4 is 0 Å². The molecule has 2 aromatic rings. The highest BCUT2D eigenvalue weighted by atomic mass is 16.5. The van der Waals surface area contributed by atoms with E-state index in [9.17, 15) is 9.59 Å². The fraction of sp³-hybridized carbons (Fsp3) is 0.500. The van der Waals surface area contributed by atoms with E-state index in [1.807, 2.05) is 55.3 Å². The van der Waals surface area contributed by atoms with Gasteiger partial charge in [-0.25, -0.2) is 0 Å². The van der Waals surface area contributed by atoms with Crippen LogP contribution in [0.1, 0.15) is 37.3 Å². The van der Waals surface area contributed by atoms with Crippen LogP contribution in [0.4, 0.5) is 0 Å². The zero-order valence-corrected chi connectivity index (χ0v) is 16.5. The number of aryl methyl sites for hydroxylation is 1. The summed E-state index contributed by atoms with van der Waals surface area (Å²) in [6.45, 7) is 4.36. The Morgan fingerprint density at radius 2 is 2.04 bits per heavy atom. The minimum atomic E-state index is -0.657. The molecule has 0 unspecified atom stereocenters. The third-order valence-electron chi connectivity index (χ3n) is 6.13. The lowest BCUT2D eigenvalue weighted by Crippen LogP contribution is -2.48. The SMILES string of the molecule is CCOC(=O)[C@@]1(Cc2ccccc2)C[C@H]2CC[C@@H]1N2C(=O)Cn1cc(C)cn1. The molecule has 28 heavy (non-hydrogen) atoms. The molecule has 2 fully saturated rings. The summed E-state index contributed by atoms with van der Waals surface area (Å²) in [5.74, 6) is -0.131. The molecule has 6 nitrogen and oxygen atoms in total. The average molecular weight is 381 g/mol. The minimum Gasteiger partial charge on any atom is -0.465 e. The van der Waals surface area contributed by atoms with Gasteiger partial charge in [0.2, 0.25) is 5.91 Å². The van der Waals surface area contributed by atoms with Crippen LogP contribution in [0.25, 0.3) is 0 Å². The zero-order valence-electron chi connectivity index (χ0n) is 16.5. The van der Waals surface area contributed by atoms with E-state index < -0.39 is 5.41 Å². The fourth-order valence-corrected chi connectivity index (χ4v) is 5.05. The molecule has 148 valence electrons. The summed E-state index contributed by atoms with van der Waals surface area (Å²) in [6.07, 6.45) is 6.71. The molecule has 6 heteroatoms. The van der Waals surface area contributed by atoms with Gasteiger partial charge in [0.15, 0.2) is 0 Å². The van der Waals surface area contributed by atoms with E-state index >= 15 is 0 Å². The molecule has 2 aliphatic heterocycles. The van der Waals surface area contributed by atoms with Crippen molar-refractivity contribution in [2.75, 3.05) is 6.61 Å². The Kier molecular flexibility index (Phi) is 4.96. The predicted octanol–water partition coefficient (Wildman–Crippen LogP) is 2.75. The van der Waals surface area contributed by atoms with Gasteiger partial charge >= 0.3 is 5.97 Å². The smallest absolute Gasteiger partial charge is 0.314 e. The first-order chi connectivity index (χ1) is 13.5. The van der Waals surface area contributed by atoms with Gasteiger partial charge in [-0.05, 0) is 50.7 Å². The van der Waals surface area contributed by atoms with E-state index in [1.54, 1.807) is 10.9 Å². The first-order valence-corrected chi connectivity index (χ1v) is 10.0. The zero-order chi connectivity index (χ0) is 19.7. The van der Waals surface area contributed by atoms with Gasteiger partial charge in [0.1, 0.15) is 6.54 Å². The van der Waals surface area contributed by atoms with Crippen LogP contribution >= 0.6 is 0 Å². The first kappa shape index (κ1) is 18.7. The Balaban J connectivity index is 1.61. The van der Waals surface area contributed by atoms with Crippen LogP contribution in [0.5, 0.6) is 0 Å². The largest absolute Gasteiger partial charge is 0.465 e. The Morgan fingerprint density at radius 1 is 1.25 bits per heavy atom. The standard InChI is InChI=1S/C22H27N3O3/c1-3-28-21(27)22(11-17-7-5-4-6-8-17)12-18-9-10-19(22)25(18)20(26)15-24-14-16(2)13-23-24/h4-8,13-14,18-19H,3,9-12,15H2,1-2H3/t18-,19+,22+/m1/s1. The molecule has 4 rings (SSSR count). The molecule has 2 saturated heterocycles. The van der Waals surface area contributed by atoms with Crippen molar-refractivity contribution in [2.45, 2.75) is 58.2 Å². The molecule has 2 bridgehead atoms. The van der Waals surface area contributed by atoms with E-state index in [-0.39, 0.29) is 30.5 Å². The molecular weight excluding hydrogens is 354 g/mol. The van der Waals surface area contributed by atoms with Crippen molar-refractivity contribution in [2.24, 2.45) is 5.41 Å². The third kappa shape index (κ3) is 3.21. The van der Waals surface area contributed by atoms with E-state index in [1.165, 1.54) is 0 Å². The number of hydrogen-bond acceptors (Lipinski definition) is 4. The van der Waals surface area contributed by atoms with E-state index in [0.29, 0.717) is 19.4 Å². The van der Waals surface area contributed by atoms with Crippen LogP contribution in [0.3, 0.4) is 0 Å². The van der Waals surface area contributed by atoms with E-state index in [2.05, 4.69) is 5.10 Å². The average Bonchev–Trinajstić information content (AvgIpc) is 3.36. The number of benzene rings is 1. The molecule has 1 amide bonds. The topological polar surface area (TPSA) is 64.4 Å². The van der Waals surface area contributed by atoms with E-state index in [4.69, 9.17) is 4.74 Å². The third-order valence-corrected chi connectivity index (χ3v) is 6.13. The summed E-state index contributed by atoms with van der Waals surface area (Å²) in [4.78, 5) is 28.2. The molecule has 0 saturated carbocycles. The maximum atomic E-state index is 13.1. The summed E-state index contributed by atoms with van der Waals surface area (Å²) >= 11 is 0. The number of rotatable bonds is 6. The fourth-order valence-electron chi connectivity index (χ4n) is 5.05. The molecular formula is C22H27N3O3. The van der Waals surface area contributed by atoms with Crippen LogP contribution in [0, 0.1) is 12.3 Å². The van der Waals surface area contributed by atoms with Gasteiger partial charge in [0.05, 0.1) is 18.2 Å². The van der Waals surface area contributed by atoms with Crippen molar-refractivity contribution in [3.05, 3.63) is 53.9 Å². The van der Waals surface area contributed by atoms with Crippen molar-refractivity contribution in [1.82, 2.24) is 14.7 Å². The second-order valence-corrected chi connectivity index (χ2v) is 8.01. The number of hydrogen-bond donors (Lipinski definition) is 0. The van der Waals surface area contributed by atoms with Gasteiger partial charge in [0, 0.05) is 18.3 Å². The van der Waals surface area contributed by atoms with Gasteiger partial charge in [-0.1, -0.05) is 30.3 Å². The number of nitrogens with zero attached hydrogens (tertiary/aromatic N) is 3. The van der Waals surface area contributed by atoms with Crippen molar-refractivity contribution in [3.63, 3.8) is 0 Å². The highest BCUT2D eigenvalue weighted by molar-refractivity contribution is 5.84. The highest BCUT2D eigenvalue weighted by Gasteiger charge is 2.61. The summed E-state index contributed by atoms with van der Waals surface area (Å²) in [6, 6.07) is 10.0. The molecule has 2 aliphatic rings. The number of carbonyl (C=O) groups excluding carboxylic acids is 2. The van der Waals surface area contributed by atoms with Crippen molar-refractivity contribution in [3.8, 4) is 0 Å². The summed E-state index contributed by atoms with van der Waals surface area (Å²) in [7, 11) is 0. The van der Waals surface area contributed by atoms with Gasteiger partial charge < -0.3 is 9.64 Å². The number of carbonyl (C=O) groups is 2. The van der Waals surface area contributed by atoms with Crippen LogP contribution in [0.15, 0.2) is 42.7 Å². The molecule has 3 heterocycles. The Labute approximate surface area is 165 Å². The van der Waals surface area contributed by atoms with Gasteiger partial charge in [-0.3, -0.25) is 14.3 Å². The second-order valence-electron chi connectivity index (χ2n) is 8.01. The molecule has 0 N–H and O–H groups in total. The van der Waals surface area contributed by atoms with Gasteiger partial charge in [-0.15, -0.1) is 0 Å². The Hall–Kier alpha value is -2.63. The number of ether oxygens (including phenoxy) is 1. The molecule has 3 atom stereocenters. The molecule has 0 radical (unpaired) electrons. The van der Waals surface area contributed by atoms with Crippen molar-refractivity contribution >= 4 is 11.9 Å². The lowest BCUT2D eigenvalue weighted by molar-refractivity contribution is -0.158. The minimum absolute atomic E-state index is 0.0369. The summed E-state index contributed by atoms with van der Waals surface area (Å²) in [5, 5.41) is 4.24. The highest BCUT2D eigenvalue weighted by Crippen LogP contribution is 2.52. The lowest BCUT2D eigenvalue weighted by Gasteiger charge is -2.35. The molecule has 1 aromatic heterocycles. The lowest BCUT2D eigenvalue weighted by atomic mass is 9.70. The number of amides is 1. The Bertz CT molecular complexity index is 863. The monoisotopic (exact) mass is 381 g/mol. The first-order valence-electron chi connectivity index (χ1n) is 10.0. The van der Waals surface area contributed by atoms with Crippen LogP contribution in [-0.2, 0) is 27.3 Å². The molecule has 0 aliphatic carbocycles. The number of fused-ring (bicyclic) bond motifs is 2. The van der Waals surface area contributed by atoms with Crippen LogP contribution in [-0.4, -0.2) is 45.2 Å². The normalized spacial score (nSPS) is 25.9. The maximum Gasteiger partial charge on any atom is 0.314 e. The van der Waals surface area contributed by atoms with Crippen LogP contribution in [0.2, 0.25) is 0 Å². The second kappa shape index (κ2) is 7.41. The summed E-state index contributed by atoms with van der Waals surface area (Å²) < 4.78 is 7.19. The molecule has 0 spiro atoms. The summed E-state index contributed by atoms with van der Waals surface area (Å²) in [5.41, 5.74) is 1.48. The number of esters is 1. The van der Waals surface area contributed by atoms with Gasteiger partial charge in [0.25, 0.3) is 0 Å². The maximum absolute atomic E-state index is 13.1. The molecule has 1 aromatic carbocycles. The predicted molar refractivity (Wildman–Crippen MR) is 104 cm³/mol. The Morgan fingerprint density at radius 3 is 2.71 bits per heavy atom. The van der Waals surface area contributed by atoms with Crippen molar-refractivity contribution < 1.29 is 14.3 Å². The number of aromatic nitrogens is 2. The van der Waals surface area contributed by atoms with Gasteiger partial charge in [-0.2, -0.15) is 5.10 Å². The van der Waals surface area contributed by atoms with Crippen molar-refractivity contribution in [1.29, 1.82) is 0 Å².